The fraction of sp³-hybridized carbons (Fsp3) is 0.0556. The van der Waals surface area contributed by atoms with Crippen LogP contribution in [0.5, 0.6) is 0 Å². The molecule has 4 aromatic rings. The molecule has 1 N–H and O–H groups in total. The van der Waals surface area contributed by atoms with E-state index in [1.807, 2.05) is 42.5 Å². The first-order valence-electron chi connectivity index (χ1n) is 7.58. The molecular weight excluding hydrogens is 354 g/mol. The summed E-state index contributed by atoms with van der Waals surface area (Å²) in [6, 6.07) is 19.4. The predicted octanol–water partition coefficient (Wildman–Crippen LogP) is 4.83. The maximum absolute atomic E-state index is 12.3. The van der Waals surface area contributed by atoms with E-state index in [2.05, 4.69) is 27.6 Å². The van der Waals surface area contributed by atoms with Gasteiger partial charge in [-0.3, -0.25) is 10.1 Å². The van der Waals surface area contributed by atoms with Crippen LogP contribution in [-0.4, -0.2) is 16.1 Å². The number of carbonyl (C=O) groups is 1. The lowest BCUT2D eigenvalue weighted by molar-refractivity contribution is 0.0998. The minimum absolute atomic E-state index is 0.259. The van der Waals surface area contributed by atoms with Crippen LogP contribution in [-0.2, 0) is 5.75 Å². The van der Waals surface area contributed by atoms with E-state index in [9.17, 15) is 4.79 Å². The highest BCUT2D eigenvalue weighted by molar-refractivity contribution is 8.00. The Morgan fingerprint density at radius 3 is 2.72 bits per heavy atom. The normalized spacial score (nSPS) is 10.9. The summed E-state index contributed by atoms with van der Waals surface area (Å²) >= 11 is 2.94. The molecule has 25 heavy (non-hydrogen) atoms. The van der Waals surface area contributed by atoms with Crippen molar-refractivity contribution >= 4 is 45.1 Å². The molecule has 0 unspecified atom stereocenters. The molecule has 0 fully saturated rings. The second kappa shape index (κ2) is 7.08. The third kappa shape index (κ3) is 3.72. The van der Waals surface area contributed by atoms with Gasteiger partial charge < -0.3 is 4.42 Å². The summed E-state index contributed by atoms with van der Waals surface area (Å²) in [5.74, 6) is 0.745. The molecule has 0 bridgehead atoms. The van der Waals surface area contributed by atoms with Crippen molar-refractivity contribution in [2.75, 3.05) is 5.32 Å². The number of rotatable bonds is 5. The Morgan fingerprint density at radius 1 is 1.08 bits per heavy atom. The molecule has 2 aromatic heterocycles. The third-order valence-electron chi connectivity index (χ3n) is 3.48. The van der Waals surface area contributed by atoms with Gasteiger partial charge >= 0.3 is 0 Å². The largest absolute Gasteiger partial charge is 0.451 e. The molecule has 2 aromatic carbocycles. The van der Waals surface area contributed by atoms with E-state index >= 15 is 0 Å². The van der Waals surface area contributed by atoms with Crippen LogP contribution in [0.1, 0.15) is 16.1 Å². The Bertz CT molecular complexity index is 978. The zero-order valence-corrected chi connectivity index (χ0v) is 14.6. The molecular formula is C18H13N3O2S2. The Hall–Kier alpha value is -2.64. The van der Waals surface area contributed by atoms with E-state index in [4.69, 9.17) is 4.42 Å². The monoisotopic (exact) mass is 367 g/mol. The number of fused-ring (bicyclic) bond motifs is 1. The lowest BCUT2D eigenvalue weighted by atomic mass is 10.2. The minimum Gasteiger partial charge on any atom is -0.451 e. The summed E-state index contributed by atoms with van der Waals surface area (Å²) in [5, 5.41) is 12.2. The summed E-state index contributed by atoms with van der Waals surface area (Å²) in [6.45, 7) is 0. The van der Waals surface area contributed by atoms with E-state index in [1.54, 1.807) is 17.8 Å². The van der Waals surface area contributed by atoms with Gasteiger partial charge in [0.1, 0.15) is 5.58 Å². The Balaban J connectivity index is 1.41. The van der Waals surface area contributed by atoms with E-state index < -0.39 is 0 Å². The van der Waals surface area contributed by atoms with Crippen molar-refractivity contribution in [3.05, 3.63) is 72.0 Å². The lowest BCUT2D eigenvalue weighted by Crippen LogP contribution is -2.10. The summed E-state index contributed by atoms with van der Waals surface area (Å²) in [7, 11) is 0. The number of para-hydroxylation sites is 1. The molecule has 124 valence electrons. The molecule has 0 radical (unpaired) electrons. The average Bonchev–Trinajstić information content (AvgIpc) is 3.27. The van der Waals surface area contributed by atoms with E-state index in [0.29, 0.717) is 10.7 Å². The van der Waals surface area contributed by atoms with Gasteiger partial charge in [-0.1, -0.05) is 71.6 Å². The summed E-state index contributed by atoms with van der Waals surface area (Å²) < 4.78 is 6.36. The van der Waals surface area contributed by atoms with Crippen LogP contribution in [0.4, 0.5) is 5.13 Å². The van der Waals surface area contributed by atoms with Gasteiger partial charge in [0.2, 0.25) is 5.13 Å². The van der Waals surface area contributed by atoms with Crippen molar-refractivity contribution < 1.29 is 9.21 Å². The molecule has 5 nitrogen and oxygen atoms in total. The standard InChI is InChI=1S/C18H13N3O2S2/c22-16(15-10-13-8-4-5-9-14(13)23-15)19-17-20-21-18(25-17)24-11-12-6-2-1-3-7-12/h1-10H,11H2,(H,19,20,22). The number of amides is 1. The van der Waals surface area contributed by atoms with Gasteiger partial charge in [-0.15, -0.1) is 10.2 Å². The Kier molecular flexibility index (Phi) is 4.49. The van der Waals surface area contributed by atoms with Gasteiger partial charge in [0.25, 0.3) is 5.91 Å². The van der Waals surface area contributed by atoms with E-state index in [-0.39, 0.29) is 11.7 Å². The maximum atomic E-state index is 12.3. The average molecular weight is 367 g/mol. The van der Waals surface area contributed by atoms with Gasteiger partial charge in [-0.2, -0.15) is 0 Å². The van der Waals surface area contributed by atoms with Crippen LogP contribution in [0.25, 0.3) is 11.0 Å². The van der Waals surface area contributed by atoms with Crippen LogP contribution in [0, 0.1) is 0 Å². The molecule has 0 saturated heterocycles. The van der Waals surface area contributed by atoms with Crippen molar-refractivity contribution in [3.63, 3.8) is 0 Å². The molecule has 0 saturated carbocycles. The zero-order valence-electron chi connectivity index (χ0n) is 13.0. The first kappa shape index (κ1) is 15.9. The number of nitrogens with zero attached hydrogens (tertiary/aromatic N) is 2. The predicted molar refractivity (Wildman–Crippen MR) is 100 cm³/mol. The molecule has 0 spiro atoms. The molecule has 0 aliphatic rings. The SMILES string of the molecule is O=C(Nc1nnc(SCc2ccccc2)s1)c1cc2ccccc2o1. The topological polar surface area (TPSA) is 68.0 Å². The fourth-order valence-corrected chi connectivity index (χ4v) is 3.99. The second-order valence-electron chi connectivity index (χ2n) is 5.25. The van der Waals surface area contributed by atoms with E-state index in [0.717, 1.165) is 15.5 Å². The van der Waals surface area contributed by atoms with Crippen LogP contribution < -0.4 is 5.32 Å². The summed E-state index contributed by atoms with van der Waals surface area (Å²) in [4.78, 5) is 12.3. The first-order valence-corrected chi connectivity index (χ1v) is 9.38. The molecule has 0 aliphatic carbocycles. The fourth-order valence-electron chi connectivity index (χ4n) is 2.29. The van der Waals surface area contributed by atoms with Crippen molar-refractivity contribution in [3.8, 4) is 0 Å². The van der Waals surface area contributed by atoms with Crippen molar-refractivity contribution in [1.82, 2.24) is 10.2 Å². The number of thioether (sulfide) groups is 1. The highest BCUT2D eigenvalue weighted by atomic mass is 32.2. The van der Waals surface area contributed by atoms with Crippen LogP contribution in [0.2, 0.25) is 0 Å². The number of nitrogens with one attached hydrogen (secondary N) is 1. The van der Waals surface area contributed by atoms with Crippen molar-refractivity contribution in [2.45, 2.75) is 10.1 Å². The zero-order chi connectivity index (χ0) is 17.1. The molecule has 0 atom stereocenters. The van der Waals surface area contributed by atoms with Gasteiger partial charge in [-0.05, 0) is 17.7 Å². The van der Waals surface area contributed by atoms with Crippen LogP contribution in [0.15, 0.2) is 69.4 Å². The van der Waals surface area contributed by atoms with Gasteiger partial charge in [0.15, 0.2) is 10.1 Å². The molecule has 2 heterocycles. The van der Waals surface area contributed by atoms with Gasteiger partial charge in [0.05, 0.1) is 0 Å². The van der Waals surface area contributed by atoms with Gasteiger partial charge in [0, 0.05) is 11.1 Å². The molecule has 7 heteroatoms. The van der Waals surface area contributed by atoms with Gasteiger partial charge in [-0.25, -0.2) is 0 Å². The number of hydrogen-bond acceptors (Lipinski definition) is 6. The Morgan fingerprint density at radius 2 is 1.88 bits per heavy atom. The van der Waals surface area contributed by atoms with E-state index in [1.165, 1.54) is 16.9 Å². The number of hydrogen-bond donors (Lipinski definition) is 1. The molecule has 4 rings (SSSR count). The highest BCUT2D eigenvalue weighted by Crippen LogP contribution is 2.28. The molecule has 0 aliphatic heterocycles. The number of anilines is 1. The summed E-state index contributed by atoms with van der Waals surface area (Å²) in [6.07, 6.45) is 0. The number of furan rings is 1. The number of carbonyl (C=O) groups excluding carboxylic acids is 1. The summed E-state index contributed by atoms with van der Waals surface area (Å²) in [5.41, 5.74) is 1.90. The molecule has 1 amide bonds. The van der Waals surface area contributed by atoms with Crippen LogP contribution in [0.3, 0.4) is 0 Å². The minimum atomic E-state index is -0.327. The van der Waals surface area contributed by atoms with Crippen molar-refractivity contribution in [2.24, 2.45) is 0 Å². The smallest absolute Gasteiger partial charge is 0.293 e. The second-order valence-corrected chi connectivity index (χ2v) is 7.45. The number of aromatic nitrogens is 2. The number of benzene rings is 2. The highest BCUT2D eigenvalue weighted by Gasteiger charge is 2.15. The lowest BCUT2D eigenvalue weighted by Gasteiger charge is -1.97. The maximum Gasteiger partial charge on any atom is 0.293 e. The third-order valence-corrected chi connectivity index (χ3v) is 5.52. The van der Waals surface area contributed by atoms with Crippen LogP contribution >= 0.6 is 23.1 Å². The first-order chi connectivity index (χ1) is 12.3. The Labute approximate surface area is 152 Å². The van der Waals surface area contributed by atoms with Crippen molar-refractivity contribution in [1.29, 1.82) is 0 Å². The quantitative estimate of drug-likeness (QED) is 0.404.